The predicted octanol–water partition coefficient (Wildman–Crippen LogP) is 2.35. The standard InChI is InChI=1S/C22H37N3O4/c1-4-28-21(27)24-9-5-18(6-10-24)23-11-7-22(8-12-23)13-19(22)20(26)25-14-16(2)29-17(3)15-25/h16-19H,4-15H2,1-3H3/t16-,17+,19?. The molecule has 7 nitrogen and oxygen atoms in total. The van der Waals surface area contributed by atoms with Crippen LogP contribution in [0.5, 0.6) is 0 Å². The van der Waals surface area contributed by atoms with Crippen LogP contribution < -0.4 is 0 Å². The summed E-state index contributed by atoms with van der Waals surface area (Å²) in [6.07, 6.45) is 5.50. The van der Waals surface area contributed by atoms with Crippen LogP contribution in [0.2, 0.25) is 0 Å². The molecule has 0 radical (unpaired) electrons. The summed E-state index contributed by atoms with van der Waals surface area (Å²) in [6, 6.07) is 0.562. The minimum Gasteiger partial charge on any atom is -0.450 e. The average molecular weight is 408 g/mol. The van der Waals surface area contributed by atoms with Crippen molar-refractivity contribution in [3.05, 3.63) is 0 Å². The van der Waals surface area contributed by atoms with Crippen molar-refractivity contribution in [1.82, 2.24) is 14.7 Å². The first-order valence-corrected chi connectivity index (χ1v) is 11.5. The molecular weight excluding hydrogens is 370 g/mol. The van der Waals surface area contributed by atoms with E-state index in [9.17, 15) is 9.59 Å². The highest BCUT2D eigenvalue weighted by Gasteiger charge is 2.59. The Labute approximate surface area is 174 Å². The summed E-state index contributed by atoms with van der Waals surface area (Å²) in [4.78, 5) is 31.5. The normalized spacial score (nSPS) is 33.0. The molecule has 0 bridgehead atoms. The molecule has 1 aliphatic carbocycles. The number of morpholine rings is 1. The molecule has 164 valence electrons. The summed E-state index contributed by atoms with van der Waals surface area (Å²) >= 11 is 0. The van der Waals surface area contributed by atoms with Gasteiger partial charge in [0.25, 0.3) is 0 Å². The zero-order valence-electron chi connectivity index (χ0n) is 18.3. The molecular formula is C22H37N3O4. The molecule has 3 saturated heterocycles. The lowest BCUT2D eigenvalue weighted by molar-refractivity contribution is -0.145. The van der Waals surface area contributed by atoms with Gasteiger partial charge < -0.3 is 24.2 Å². The molecule has 29 heavy (non-hydrogen) atoms. The molecule has 1 unspecified atom stereocenters. The number of hydrogen-bond acceptors (Lipinski definition) is 5. The Hall–Kier alpha value is -1.34. The summed E-state index contributed by atoms with van der Waals surface area (Å²) in [5, 5.41) is 0. The van der Waals surface area contributed by atoms with Gasteiger partial charge >= 0.3 is 6.09 Å². The smallest absolute Gasteiger partial charge is 0.409 e. The zero-order valence-corrected chi connectivity index (χ0v) is 18.3. The van der Waals surface area contributed by atoms with E-state index in [2.05, 4.69) is 23.6 Å². The van der Waals surface area contributed by atoms with Gasteiger partial charge in [0, 0.05) is 38.1 Å². The number of nitrogens with zero attached hydrogens (tertiary/aromatic N) is 3. The highest BCUT2D eigenvalue weighted by molar-refractivity contribution is 5.83. The minimum atomic E-state index is -0.172. The number of piperidine rings is 2. The van der Waals surface area contributed by atoms with E-state index in [1.54, 1.807) is 0 Å². The van der Waals surface area contributed by atoms with Crippen molar-refractivity contribution >= 4 is 12.0 Å². The second-order valence-electron chi connectivity index (χ2n) is 9.57. The molecule has 1 spiro atoms. The third kappa shape index (κ3) is 4.41. The van der Waals surface area contributed by atoms with Gasteiger partial charge in [-0.05, 0) is 71.4 Å². The van der Waals surface area contributed by atoms with Gasteiger partial charge in [-0.3, -0.25) is 4.79 Å². The summed E-state index contributed by atoms with van der Waals surface area (Å²) in [5.74, 6) is 0.594. The van der Waals surface area contributed by atoms with Gasteiger partial charge in [-0.15, -0.1) is 0 Å². The highest BCUT2D eigenvalue weighted by Crippen LogP contribution is 2.60. The molecule has 3 heterocycles. The van der Waals surface area contributed by atoms with Crippen LogP contribution in [-0.4, -0.2) is 90.8 Å². The zero-order chi connectivity index (χ0) is 20.6. The molecule has 3 aliphatic heterocycles. The number of hydrogen-bond donors (Lipinski definition) is 0. The van der Waals surface area contributed by atoms with E-state index in [0.29, 0.717) is 18.6 Å². The lowest BCUT2D eigenvalue weighted by atomic mass is 9.88. The average Bonchev–Trinajstić information content (AvgIpc) is 3.40. The third-order valence-electron chi connectivity index (χ3n) is 7.52. The monoisotopic (exact) mass is 407 g/mol. The van der Waals surface area contributed by atoms with Gasteiger partial charge in [-0.25, -0.2) is 4.79 Å². The summed E-state index contributed by atoms with van der Waals surface area (Å²) in [5.41, 5.74) is 0.254. The van der Waals surface area contributed by atoms with Gasteiger partial charge in [0.15, 0.2) is 0 Å². The maximum Gasteiger partial charge on any atom is 0.409 e. The van der Waals surface area contributed by atoms with E-state index < -0.39 is 0 Å². The summed E-state index contributed by atoms with van der Waals surface area (Å²) < 4.78 is 10.9. The fourth-order valence-corrected chi connectivity index (χ4v) is 5.79. The molecule has 2 amide bonds. The molecule has 4 aliphatic rings. The van der Waals surface area contributed by atoms with Crippen LogP contribution in [0.25, 0.3) is 0 Å². The van der Waals surface area contributed by atoms with E-state index >= 15 is 0 Å². The number of amides is 2. The van der Waals surface area contributed by atoms with Gasteiger partial charge in [0.1, 0.15) is 0 Å². The fourth-order valence-electron chi connectivity index (χ4n) is 5.79. The maximum atomic E-state index is 13.1. The van der Waals surface area contributed by atoms with Crippen LogP contribution in [0.4, 0.5) is 4.79 Å². The Morgan fingerprint density at radius 2 is 1.62 bits per heavy atom. The van der Waals surface area contributed by atoms with Crippen molar-refractivity contribution < 1.29 is 19.1 Å². The molecule has 0 aromatic heterocycles. The van der Waals surface area contributed by atoms with E-state index in [4.69, 9.17) is 9.47 Å². The Balaban J connectivity index is 1.23. The first-order valence-electron chi connectivity index (χ1n) is 11.5. The topological polar surface area (TPSA) is 62.3 Å². The second-order valence-corrected chi connectivity index (χ2v) is 9.57. The first kappa shape index (κ1) is 20.9. The van der Waals surface area contributed by atoms with E-state index in [0.717, 1.165) is 71.4 Å². The molecule has 4 fully saturated rings. The summed E-state index contributed by atoms with van der Waals surface area (Å²) in [7, 11) is 0. The van der Waals surface area contributed by atoms with Crippen LogP contribution >= 0.6 is 0 Å². The minimum absolute atomic E-state index is 0.139. The maximum absolute atomic E-state index is 13.1. The Morgan fingerprint density at radius 3 is 2.21 bits per heavy atom. The van der Waals surface area contributed by atoms with Crippen molar-refractivity contribution in [1.29, 1.82) is 0 Å². The van der Waals surface area contributed by atoms with Crippen LogP contribution in [0.3, 0.4) is 0 Å². The highest BCUT2D eigenvalue weighted by atomic mass is 16.6. The first-order chi connectivity index (χ1) is 13.9. The van der Waals surface area contributed by atoms with Gasteiger partial charge in [-0.1, -0.05) is 0 Å². The van der Waals surface area contributed by atoms with E-state index in [1.165, 1.54) is 0 Å². The van der Waals surface area contributed by atoms with Crippen LogP contribution in [0, 0.1) is 11.3 Å². The lowest BCUT2D eigenvalue weighted by Gasteiger charge is -2.42. The summed E-state index contributed by atoms with van der Waals surface area (Å²) in [6.45, 7) is 11.6. The van der Waals surface area contributed by atoms with Crippen molar-refractivity contribution in [3.63, 3.8) is 0 Å². The molecule has 1 saturated carbocycles. The van der Waals surface area contributed by atoms with Crippen LogP contribution in [-0.2, 0) is 14.3 Å². The number of ether oxygens (including phenoxy) is 2. The molecule has 4 rings (SSSR count). The Bertz CT molecular complexity index is 601. The third-order valence-corrected chi connectivity index (χ3v) is 7.52. The molecule has 0 aromatic rings. The van der Waals surface area contributed by atoms with Crippen LogP contribution in [0.15, 0.2) is 0 Å². The molecule has 0 aromatic carbocycles. The number of likely N-dealkylation sites (tertiary alicyclic amines) is 2. The van der Waals surface area contributed by atoms with Crippen molar-refractivity contribution in [2.24, 2.45) is 11.3 Å². The van der Waals surface area contributed by atoms with E-state index in [1.807, 2.05) is 11.8 Å². The second kappa shape index (κ2) is 8.42. The van der Waals surface area contributed by atoms with Crippen molar-refractivity contribution in [2.75, 3.05) is 45.9 Å². The van der Waals surface area contributed by atoms with Gasteiger partial charge in [0.05, 0.1) is 18.8 Å². The Morgan fingerprint density at radius 1 is 1.00 bits per heavy atom. The van der Waals surface area contributed by atoms with Crippen molar-refractivity contribution in [2.45, 2.75) is 71.1 Å². The molecule has 0 N–H and O–H groups in total. The molecule has 3 atom stereocenters. The van der Waals surface area contributed by atoms with Crippen LogP contribution in [0.1, 0.15) is 52.9 Å². The number of carbonyl (C=O) groups excluding carboxylic acids is 2. The molecule has 7 heteroatoms. The SMILES string of the molecule is CCOC(=O)N1CCC(N2CCC3(CC2)CC3C(=O)N2C[C@@H](C)O[C@@H](C)C2)CC1. The predicted molar refractivity (Wildman–Crippen MR) is 110 cm³/mol. The quantitative estimate of drug-likeness (QED) is 0.719. The Kier molecular flexibility index (Phi) is 6.07. The van der Waals surface area contributed by atoms with Crippen molar-refractivity contribution in [3.8, 4) is 0 Å². The van der Waals surface area contributed by atoms with Gasteiger partial charge in [0.2, 0.25) is 5.91 Å². The lowest BCUT2D eigenvalue weighted by Crippen LogP contribution is -2.50. The fraction of sp³-hybridized carbons (Fsp3) is 0.909. The number of rotatable bonds is 3. The largest absolute Gasteiger partial charge is 0.450 e. The van der Waals surface area contributed by atoms with Gasteiger partial charge in [-0.2, -0.15) is 0 Å². The van der Waals surface area contributed by atoms with E-state index in [-0.39, 0.29) is 29.6 Å². The number of carbonyl (C=O) groups is 2.